The van der Waals surface area contributed by atoms with E-state index in [0.717, 1.165) is 25.9 Å². The summed E-state index contributed by atoms with van der Waals surface area (Å²) in [6.45, 7) is 6.58. The molecule has 0 saturated heterocycles. The summed E-state index contributed by atoms with van der Waals surface area (Å²) in [6, 6.07) is 9.65. The van der Waals surface area contributed by atoms with Gasteiger partial charge in [0.15, 0.2) is 0 Å². The summed E-state index contributed by atoms with van der Waals surface area (Å²) in [6.07, 6.45) is 3.46. The highest BCUT2D eigenvalue weighted by Crippen LogP contribution is 2.09. The van der Waals surface area contributed by atoms with E-state index in [4.69, 9.17) is 0 Å². The summed E-state index contributed by atoms with van der Waals surface area (Å²) in [7, 11) is 4.28. The molecule has 1 unspecified atom stereocenters. The number of rotatable bonds is 8. The van der Waals surface area contributed by atoms with Crippen LogP contribution in [0, 0.1) is 0 Å². The van der Waals surface area contributed by atoms with Crippen LogP contribution < -0.4 is 5.32 Å². The van der Waals surface area contributed by atoms with Crippen LogP contribution in [0.15, 0.2) is 24.3 Å². The van der Waals surface area contributed by atoms with Crippen LogP contribution in [0.25, 0.3) is 0 Å². The molecule has 0 aliphatic rings. The van der Waals surface area contributed by atoms with Gasteiger partial charge in [0.2, 0.25) is 0 Å². The van der Waals surface area contributed by atoms with E-state index < -0.39 is 0 Å². The van der Waals surface area contributed by atoms with Crippen LogP contribution in [0.4, 0.5) is 0 Å². The Balaban J connectivity index is 2.52. The van der Waals surface area contributed by atoms with Gasteiger partial charge < -0.3 is 10.2 Å². The summed E-state index contributed by atoms with van der Waals surface area (Å²) >= 11 is 0. The van der Waals surface area contributed by atoms with Gasteiger partial charge in [-0.05, 0) is 57.6 Å². The quantitative estimate of drug-likeness (QED) is 0.761. The lowest BCUT2D eigenvalue weighted by atomic mass is 10.0. The number of hydrogen-bond donors (Lipinski definition) is 1. The Morgan fingerprint density at radius 3 is 2.17 bits per heavy atom. The van der Waals surface area contributed by atoms with Gasteiger partial charge in [-0.3, -0.25) is 0 Å². The summed E-state index contributed by atoms with van der Waals surface area (Å²) in [4.78, 5) is 2.25. The molecule has 1 N–H and O–H groups in total. The van der Waals surface area contributed by atoms with Crippen LogP contribution in [0.2, 0.25) is 0 Å². The van der Waals surface area contributed by atoms with Gasteiger partial charge in [-0.2, -0.15) is 0 Å². The van der Waals surface area contributed by atoms with E-state index >= 15 is 0 Å². The van der Waals surface area contributed by atoms with Gasteiger partial charge in [-0.15, -0.1) is 0 Å². The Morgan fingerprint density at radius 2 is 1.67 bits per heavy atom. The van der Waals surface area contributed by atoms with E-state index in [1.54, 1.807) is 0 Å². The van der Waals surface area contributed by atoms with Gasteiger partial charge >= 0.3 is 0 Å². The molecule has 0 bridgehead atoms. The van der Waals surface area contributed by atoms with Gasteiger partial charge in [0.25, 0.3) is 0 Å². The second kappa shape index (κ2) is 8.28. The average Bonchev–Trinajstić information content (AvgIpc) is 2.37. The fourth-order valence-corrected chi connectivity index (χ4v) is 2.17. The molecule has 0 heterocycles. The lowest BCUT2D eigenvalue weighted by molar-refractivity contribution is 0.358. The SMILES string of the molecule is CCNC(CCN(C)C)Cc1ccc(CC)cc1. The zero-order valence-corrected chi connectivity index (χ0v) is 12.4. The fraction of sp³-hybridized carbons (Fsp3) is 0.625. The van der Waals surface area contributed by atoms with Crippen molar-refractivity contribution >= 4 is 0 Å². The maximum absolute atomic E-state index is 3.59. The summed E-state index contributed by atoms with van der Waals surface area (Å²) in [5.41, 5.74) is 2.86. The zero-order chi connectivity index (χ0) is 13.4. The summed E-state index contributed by atoms with van der Waals surface area (Å²) in [5.74, 6) is 0. The summed E-state index contributed by atoms with van der Waals surface area (Å²) < 4.78 is 0. The largest absolute Gasteiger partial charge is 0.314 e. The number of likely N-dealkylation sites (N-methyl/N-ethyl adjacent to an activating group) is 1. The third-order valence-electron chi connectivity index (χ3n) is 3.33. The van der Waals surface area contributed by atoms with Crippen molar-refractivity contribution in [3.8, 4) is 0 Å². The van der Waals surface area contributed by atoms with Gasteiger partial charge in [-0.25, -0.2) is 0 Å². The van der Waals surface area contributed by atoms with Crippen molar-refractivity contribution in [1.29, 1.82) is 0 Å². The van der Waals surface area contributed by atoms with Crippen molar-refractivity contribution in [3.63, 3.8) is 0 Å². The average molecular weight is 248 g/mol. The first kappa shape index (κ1) is 15.2. The highest BCUT2D eigenvalue weighted by atomic mass is 15.1. The van der Waals surface area contributed by atoms with E-state index in [9.17, 15) is 0 Å². The van der Waals surface area contributed by atoms with Crippen LogP contribution in [0.1, 0.15) is 31.4 Å². The molecule has 18 heavy (non-hydrogen) atoms. The van der Waals surface area contributed by atoms with Crippen molar-refractivity contribution < 1.29 is 0 Å². The number of nitrogens with zero attached hydrogens (tertiary/aromatic N) is 1. The van der Waals surface area contributed by atoms with Crippen LogP contribution in [-0.2, 0) is 12.8 Å². The maximum atomic E-state index is 3.59. The molecule has 0 spiro atoms. The first-order chi connectivity index (χ1) is 8.65. The van der Waals surface area contributed by atoms with Crippen molar-refractivity contribution in [1.82, 2.24) is 10.2 Å². The van der Waals surface area contributed by atoms with Crippen molar-refractivity contribution in [2.75, 3.05) is 27.2 Å². The first-order valence-electron chi connectivity index (χ1n) is 7.11. The minimum Gasteiger partial charge on any atom is -0.314 e. The fourth-order valence-electron chi connectivity index (χ4n) is 2.17. The number of hydrogen-bond acceptors (Lipinski definition) is 2. The molecule has 1 atom stereocenters. The molecular formula is C16H28N2. The molecule has 2 heteroatoms. The predicted molar refractivity (Wildman–Crippen MR) is 80.2 cm³/mol. The summed E-state index contributed by atoms with van der Waals surface area (Å²) in [5, 5.41) is 3.59. The van der Waals surface area contributed by atoms with Crippen molar-refractivity contribution in [3.05, 3.63) is 35.4 Å². The van der Waals surface area contributed by atoms with Crippen LogP contribution in [-0.4, -0.2) is 38.1 Å². The molecule has 1 rings (SSSR count). The van der Waals surface area contributed by atoms with Crippen LogP contribution in [0.3, 0.4) is 0 Å². The van der Waals surface area contributed by atoms with Gasteiger partial charge in [0, 0.05) is 6.04 Å². The minimum atomic E-state index is 0.588. The lowest BCUT2D eigenvalue weighted by Gasteiger charge is -2.20. The normalized spacial score (nSPS) is 12.9. The van der Waals surface area contributed by atoms with Crippen LogP contribution in [0.5, 0.6) is 0 Å². The molecular weight excluding hydrogens is 220 g/mol. The molecule has 0 amide bonds. The molecule has 1 aromatic carbocycles. The molecule has 102 valence electrons. The lowest BCUT2D eigenvalue weighted by Crippen LogP contribution is -2.34. The topological polar surface area (TPSA) is 15.3 Å². The number of benzene rings is 1. The van der Waals surface area contributed by atoms with E-state index in [1.165, 1.54) is 17.5 Å². The highest BCUT2D eigenvalue weighted by Gasteiger charge is 2.08. The molecule has 0 saturated carbocycles. The van der Waals surface area contributed by atoms with E-state index in [2.05, 4.69) is 62.4 Å². The highest BCUT2D eigenvalue weighted by molar-refractivity contribution is 5.23. The Labute approximate surface area is 112 Å². The third kappa shape index (κ3) is 5.65. The number of aryl methyl sites for hydroxylation is 1. The second-order valence-corrected chi connectivity index (χ2v) is 5.22. The molecule has 1 aromatic rings. The van der Waals surface area contributed by atoms with E-state index in [1.807, 2.05) is 0 Å². The van der Waals surface area contributed by atoms with Crippen molar-refractivity contribution in [2.24, 2.45) is 0 Å². The maximum Gasteiger partial charge on any atom is 0.0119 e. The predicted octanol–water partition coefficient (Wildman–Crippen LogP) is 2.72. The van der Waals surface area contributed by atoms with Gasteiger partial charge in [0.1, 0.15) is 0 Å². The second-order valence-electron chi connectivity index (χ2n) is 5.22. The zero-order valence-electron chi connectivity index (χ0n) is 12.4. The monoisotopic (exact) mass is 248 g/mol. The third-order valence-corrected chi connectivity index (χ3v) is 3.33. The molecule has 0 aromatic heterocycles. The smallest absolute Gasteiger partial charge is 0.0119 e. The molecule has 0 aliphatic carbocycles. The minimum absolute atomic E-state index is 0.588. The van der Waals surface area contributed by atoms with Crippen molar-refractivity contribution in [2.45, 2.75) is 39.2 Å². The van der Waals surface area contributed by atoms with E-state index in [0.29, 0.717) is 6.04 Å². The molecule has 0 fully saturated rings. The Hall–Kier alpha value is -0.860. The molecule has 0 radical (unpaired) electrons. The van der Waals surface area contributed by atoms with E-state index in [-0.39, 0.29) is 0 Å². The van der Waals surface area contributed by atoms with Crippen LogP contribution >= 0.6 is 0 Å². The Bertz CT molecular complexity index is 316. The standard InChI is InChI=1S/C16H28N2/c1-5-14-7-9-15(10-8-14)13-16(17-6-2)11-12-18(3)4/h7-10,16-17H,5-6,11-13H2,1-4H3. The first-order valence-corrected chi connectivity index (χ1v) is 7.11. The molecule has 0 aliphatic heterocycles. The van der Waals surface area contributed by atoms with Gasteiger partial charge in [0.05, 0.1) is 0 Å². The Morgan fingerprint density at radius 1 is 1.06 bits per heavy atom. The molecule has 2 nitrogen and oxygen atoms in total. The Kier molecular flexibility index (Phi) is 6.99. The van der Waals surface area contributed by atoms with Gasteiger partial charge in [-0.1, -0.05) is 38.1 Å². The number of nitrogens with one attached hydrogen (secondary N) is 1.